The van der Waals surface area contributed by atoms with Crippen molar-refractivity contribution in [1.29, 1.82) is 0 Å². The van der Waals surface area contributed by atoms with E-state index in [1.807, 2.05) is 6.92 Å². The van der Waals surface area contributed by atoms with Crippen LogP contribution in [0.25, 0.3) is 0 Å². The highest BCUT2D eigenvalue weighted by Crippen LogP contribution is 2.09. The van der Waals surface area contributed by atoms with Crippen LogP contribution in [-0.4, -0.2) is 26.6 Å². The molecule has 5 nitrogen and oxygen atoms in total. The van der Waals surface area contributed by atoms with E-state index in [9.17, 15) is 0 Å². The normalized spacial score (nSPS) is 9.64. The lowest BCUT2D eigenvalue weighted by Gasteiger charge is -2.06. The van der Waals surface area contributed by atoms with E-state index in [4.69, 9.17) is 35.4 Å². The van der Waals surface area contributed by atoms with Crippen LogP contribution in [0.3, 0.4) is 0 Å². The minimum atomic E-state index is 0.0202. The van der Waals surface area contributed by atoms with Gasteiger partial charge in [-0.15, -0.1) is 0 Å². The van der Waals surface area contributed by atoms with Crippen LogP contribution in [-0.2, 0) is 0 Å². The molecule has 0 amide bonds. The summed E-state index contributed by atoms with van der Waals surface area (Å²) in [6.45, 7) is 2.62. The topological polar surface area (TPSA) is 62.7 Å². The van der Waals surface area contributed by atoms with Crippen LogP contribution >= 0.6 is 35.4 Å². The standard InChI is InChI=1S/C6H7Cl2N5S/c1-2-9-6(14)13-5-11-3(7)10-4(8)12-5/h2H2,1H3,(H2,9,10,11,12,13,14). The van der Waals surface area contributed by atoms with Crippen molar-refractivity contribution in [2.24, 2.45) is 0 Å². The van der Waals surface area contributed by atoms with Crippen molar-refractivity contribution >= 4 is 46.5 Å². The van der Waals surface area contributed by atoms with Gasteiger partial charge in [0.2, 0.25) is 16.5 Å². The summed E-state index contributed by atoms with van der Waals surface area (Å²) in [4.78, 5) is 11.1. The Bertz CT molecular complexity index is 325. The quantitative estimate of drug-likeness (QED) is 0.777. The van der Waals surface area contributed by atoms with Gasteiger partial charge < -0.3 is 10.6 Å². The predicted octanol–water partition coefficient (Wildman–Crippen LogP) is 1.48. The second-order valence-electron chi connectivity index (χ2n) is 2.18. The smallest absolute Gasteiger partial charge is 0.234 e. The minimum Gasteiger partial charge on any atom is -0.363 e. The molecular weight excluding hydrogens is 245 g/mol. The highest BCUT2D eigenvalue weighted by atomic mass is 35.5. The average Bonchev–Trinajstić information content (AvgIpc) is 2.01. The fourth-order valence-electron chi connectivity index (χ4n) is 0.688. The molecule has 1 heterocycles. The first-order valence-corrected chi connectivity index (χ1v) is 4.90. The maximum atomic E-state index is 5.56. The first-order chi connectivity index (χ1) is 6.61. The Balaban J connectivity index is 2.71. The van der Waals surface area contributed by atoms with Crippen molar-refractivity contribution in [2.75, 3.05) is 11.9 Å². The molecule has 1 rings (SSSR count). The molecule has 2 N–H and O–H groups in total. The van der Waals surface area contributed by atoms with Gasteiger partial charge in [-0.3, -0.25) is 0 Å². The molecule has 0 aromatic carbocycles. The number of hydrogen-bond acceptors (Lipinski definition) is 4. The van der Waals surface area contributed by atoms with Gasteiger partial charge in [-0.2, -0.15) is 15.0 Å². The van der Waals surface area contributed by atoms with Crippen LogP contribution in [0.2, 0.25) is 10.6 Å². The average molecular weight is 252 g/mol. The Hall–Kier alpha value is -0.720. The zero-order valence-corrected chi connectivity index (χ0v) is 9.54. The van der Waals surface area contributed by atoms with Gasteiger partial charge in [0.05, 0.1) is 0 Å². The summed E-state index contributed by atoms with van der Waals surface area (Å²) in [7, 11) is 0. The number of aromatic nitrogens is 3. The van der Waals surface area contributed by atoms with E-state index < -0.39 is 0 Å². The summed E-state index contributed by atoms with van der Waals surface area (Å²) in [6, 6.07) is 0. The Labute approximate surface area is 96.3 Å². The maximum absolute atomic E-state index is 5.56. The van der Waals surface area contributed by atoms with Gasteiger partial charge in [-0.05, 0) is 42.3 Å². The molecule has 8 heteroatoms. The summed E-state index contributed by atoms with van der Waals surface area (Å²) in [5, 5.41) is 6.03. The summed E-state index contributed by atoms with van der Waals surface area (Å²) in [6.07, 6.45) is 0. The van der Waals surface area contributed by atoms with Gasteiger partial charge in [0.15, 0.2) is 5.11 Å². The largest absolute Gasteiger partial charge is 0.363 e. The van der Waals surface area contributed by atoms with Gasteiger partial charge in [-0.1, -0.05) is 0 Å². The van der Waals surface area contributed by atoms with Crippen molar-refractivity contribution in [3.8, 4) is 0 Å². The predicted molar refractivity (Wildman–Crippen MR) is 59.7 cm³/mol. The van der Waals surface area contributed by atoms with Crippen molar-refractivity contribution < 1.29 is 0 Å². The molecule has 0 aliphatic heterocycles. The third kappa shape index (κ3) is 3.57. The van der Waals surface area contributed by atoms with E-state index in [1.165, 1.54) is 0 Å². The second kappa shape index (κ2) is 5.23. The monoisotopic (exact) mass is 251 g/mol. The van der Waals surface area contributed by atoms with Crippen LogP contribution in [0, 0.1) is 0 Å². The van der Waals surface area contributed by atoms with E-state index in [-0.39, 0.29) is 16.5 Å². The molecule has 0 saturated heterocycles. The van der Waals surface area contributed by atoms with Gasteiger partial charge in [-0.25, -0.2) is 0 Å². The maximum Gasteiger partial charge on any atom is 0.234 e. The third-order valence-electron chi connectivity index (χ3n) is 1.14. The first kappa shape index (κ1) is 11.4. The van der Waals surface area contributed by atoms with Crippen LogP contribution in [0.15, 0.2) is 0 Å². The molecule has 0 aliphatic carbocycles. The lowest BCUT2D eigenvalue weighted by atomic mass is 10.7. The lowest BCUT2D eigenvalue weighted by Crippen LogP contribution is -2.28. The van der Waals surface area contributed by atoms with Crippen LogP contribution < -0.4 is 10.6 Å². The highest BCUT2D eigenvalue weighted by Gasteiger charge is 2.03. The van der Waals surface area contributed by atoms with Gasteiger partial charge in [0, 0.05) is 6.54 Å². The van der Waals surface area contributed by atoms with Gasteiger partial charge >= 0.3 is 0 Å². The van der Waals surface area contributed by atoms with Crippen molar-refractivity contribution in [1.82, 2.24) is 20.3 Å². The fourth-order valence-corrected chi connectivity index (χ4v) is 1.29. The van der Waals surface area contributed by atoms with E-state index in [1.54, 1.807) is 0 Å². The highest BCUT2D eigenvalue weighted by molar-refractivity contribution is 7.80. The van der Waals surface area contributed by atoms with Crippen LogP contribution in [0.1, 0.15) is 6.92 Å². The molecule has 14 heavy (non-hydrogen) atoms. The van der Waals surface area contributed by atoms with Crippen LogP contribution in [0.5, 0.6) is 0 Å². The SMILES string of the molecule is CCNC(=S)Nc1nc(Cl)nc(Cl)n1. The summed E-state index contributed by atoms with van der Waals surface area (Å²) < 4.78 is 0. The van der Waals surface area contributed by atoms with Gasteiger partial charge in [0.25, 0.3) is 0 Å². The third-order valence-corrected chi connectivity index (χ3v) is 1.73. The molecule has 1 aromatic heterocycles. The molecule has 76 valence electrons. The molecule has 0 fully saturated rings. The lowest BCUT2D eigenvalue weighted by molar-refractivity contribution is 0.971. The number of nitrogens with one attached hydrogen (secondary N) is 2. The zero-order chi connectivity index (χ0) is 10.6. The zero-order valence-electron chi connectivity index (χ0n) is 7.21. The number of nitrogens with zero attached hydrogens (tertiary/aromatic N) is 3. The van der Waals surface area contributed by atoms with Crippen molar-refractivity contribution in [3.63, 3.8) is 0 Å². The number of anilines is 1. The molecule has 0 saturated carbocycles. The molecule has 0 bridgehead atoms. The second-order valence-corrected chi connectivity index (χ2v) is 3.27. The van der Waals surface area contributed by atoms with E-state index in [0.717, 1.165) is 0 Å². The Morgan fingerprint density at radius 1 is 1.29 bits per heavy atom. The summed E-state index contributed by atoms with van der Waals surface area (Å²) in [5.74, 6) is 0.223. The summed E-state index contributed by atoms with van der Waals surface area (Å²) in [5.41, 5.74) is 0. The molecule has 0 aliphatic rings. The molecule has 0 atom stereocenters. The van der Waals surface area contributed by atoms with E-state index in [0.29, 0.717) is 11.7 Å². The number of rotatable bonds is 2. The van der Waals surface area contributed by atoms with Crippen molar-refractivity contribution in [3.05, 3.63) is 10.6 Å². The first-order valence-electron chi connectivity index (χ1n) is 3.73. The number of hydrogen-bond donors (Lipinski definition) is 2. The van der Waals surface area contributed by atoms with Crippen LogP contribution in [0.4, 0.5) is 5.95 Å². The number of thiocarbonyl (C=S) groups is 1. The fraction of sp³-hybridized carbons (Fsp3) is 0.333. The van der Waals surface area contributed by atoms with E-state index >= 15 is 0 Å². The minimum absolute atomic E-state index is 0.0202. The van der Waals surface area contributed by atoms with Gasteiger partial charge in [0.1, 0.15) is 0 Å². The molecular formula is C6H7Cl2N5S. The Morgan fingerprint density at radius 2 is 1.86 bits per heavy atom. The summed E-state index contributed by atoms with van der Waals surface area (Å²) >= 11 is 16.0. The molecule has 0 radical (unpaired) electrons. The molecule has 0 spiro atoms. The van der Waals surface area contributed by atoms with E-state index in [2.05, 4.69) is 25.6 Å². The Morgan fingerprint density at radius 3 is 2.36 bits per heavy atom. The molecule has 1 aromatic rings. The number of halogens is 2. The Kier molecular flexibility index (Phi) is 4.24. The van der Waals surface area contributed by atoms with Crippen molar-refractivity contribution in [2.45, 2.75) is 6.92 Å². The molecule has 0 unspecified atom stereocenters.